The minimum Gasteiger partial charge on any atom is -0.355 e. The second-order valence-corrected chi connectivity index (χ2v) is 10.1. The first-order valence-electron chi connectivity index (χ1n) is 13.3. The minimum absolute atomic E-state index is 0.685. The van der Waals surface area contributed by atoms with Gasteiger partial charge >= 0.3 is 0 Å². The molecule has 2 aliphatic heterocycles. The van der Waals surface area contributed by atoms with E-state index in [1.165, 1.54) is 25.7 Å². The van der Waals surface area contributed by atoms with Crippen molar-refractivity contribution in [3.8, 4) is 28.6 Å². The summed E-state index contributed by atoms with van der Waals surface area (Å²) in [6.45, 7) is 7.99. The molecule has 0 atom stereocenters. The van der Waals surface area contributed by atoms with Crippen molar-refractivity contribution in [2.45, 2.75) is 31.7 Å². The number of aromatic nitrogens is 3. The summed E-state index contributed by atoms with van der Waals surface area (Å²) in [6, 6.07) is 13.4. The van der Waals surface area contributed by atoms with Gasteiger partial charge in [-0.05, 0) is 43.2 Å². The number of nitriles is 1. The standard InChI is InChI=1S/C28H34N8/c29-19-23-18-26(33-28(23)36-11-9-30-10-12-36)21-7-8-31-25(17-21)22-5-6-27(32-20-22)35-15-13-34(14-16-35)24-3-1-2-4-24/h5-8,17-18,20,24,30,33H,1-4,9-16H2. The molecule has 5 heterocycles. The third-order valence-electron chi connectivity index (χ3n) is 7.94. The van der Waals surface area contributed by atoms with Crippen LogP contribution in [0.4, 0.5) is 11.6 Å². The van der Waals surface area contributed by atoms with E-state index in [1.807, 2.05) is 24.5 Å². The van der Waals surface area contributed by atoms with Crippen molar-refractivity contribution in [1.82, 2.24) is 25.2 Å². The lowest BCUT2D eigenvalue weighted by Crippen LogP contribution is -2.49. The maximum Gasteiger partial charge on any atom is 0.128 e. The summed E-state index contributed by atoms with van der Waals surface area (Å²) in [6.07, 6.45) is 9.30. The highest BCUT2D eigenvalue weighted by Crippen LogP contribution is 2.30. The normalized spacial score (nSPS) is 19.5. The zero-order valence-electron chi connectivity index (χ0n) is 20.8. The first kappa shape index (κ1) is 23.0. The SMILES string of the molecule is N#Cc1cc(-c2ccnc(-c3ccc(N4CCN(C5CCCC5)CC4)nc3)c2)[nH]c1N1CCNCC1. The van der Waals surface area contributed by atoms with Crippen LogP contribution in [0.15, 0.2) is 42.7 Å². The maximum atomic E-state index is 9.71. The molecule has 2 saturated heterocycles. The van der Waals surface area contributed by atoms with Crippen LogP contribution in [0.5, 0.6) is 0 Å². The van der Waals surface area contributed by atoms with Crippen LogP contribution in [0.2, 0.25) is 0 Å². The predicted molar refractivity (Wildman–Crippen MR) is 143 cm³/mol. The fourth-order valence-corrected chi connectivity index (χ4v) is 5.89. The molecule has 1 saturated carbocycles. The molecule has 8 heteroatoms. The van der Waals surface area contributed by atoms with Gasteiger partial charge in [0.05, 0.1) is 11.3 Å². The largest absolute Gasteiger partial charge is 0.355 e. The van der Waals surface area contributed by atoms with Crippen LogP contribution in [-0.4, -0.2) is 78.3 Å². The zero-order chi connectivity index (χ0) is 24.3. The van der Waals surface area contributed by atoms with Crippen molar-refractivity contribution in [3.05, 3.63) is 48.3 Å². The molecule has 0 amide bonds. The zero-order valence-corrected chi connectivity index (χ0v) is 20.8. The number of rotatable bonds is 5. The van der Waals surface area contributed by atoms with Gasteiger partial charge in [0.25, 0.3) is 0 Å². The lowest BCUT2D eigenvalue weighted by atomic mass is 10.1. The number of hydrogen-bond acceptors (Lipinski definition) is 7. The molecule has 0 bridgehead atoms. The van der Waals surface area contributed by atoms with Gasteiger partial charge < -0.3 is 20.1 Å². The van der Waals surface area contributed by atoms with E-state index in [4.69, 9.17) is 4.98 Å². The van der Waals surface area contributed by atoms with Crippen molar-refractivity contribution in [1.29, 1.82) is 5.26 Å². The Labute approximate surface area is 213 Å². The van der Waals surface area contributed by atoms with Crippen LogP contribution in [0.3, 0.4) is 0 Å². The van der Waals surface area contributed by atoms with Gasteiger partial charge in [0.15, 0.2) is 0 Å². The van der Waals surface area contributed by atoms with Crippen molar-refractivity contribution in [2.75, 3.05) is 62.2 Å². The Morgan fingerprint density at radius 2 is 1.67 bits per heavy atom. The molecule has 1 aliphatic carbocycles. The molecule has 0 unspecified atom stereocenters. The summed E-state index contributed by atoms with van der Waals surface area (Å²) in [4.78, 5) is 20.2. The molecule has 0 radical (unpaired) electrons. The Morgan fingerprint density at radius 1 is 0.861 bits per heavy atom. The monoisotopic (exact) mass is 482 g/mol. The summed E-state index contributed by atoms with van der Waals surface area (Å²) >= 11 is 0. The van der Waals surface area contributed by atoms with E-state index in [0.29, 0.717) is 5.56 Å². The first-order chi connectivity index (χ1) is 17.8. The van der Waals surface area contributed by atoms with Crippen molar-refractivity contribution in [3.63, 3.8) is 0 Å². The molecule has 3 aliphatic rings. The Bertz CT molecular complexity index is 1210. The van der Waals surface area contributed by atoms with E-state index in [9.17, 15) is 5.26 Å². The third kappa shape index (κ3) is 4.69. The third-order valence-corrected chi connectivity index (χ3v) is 7.94. The molecular formula is C28H34N8. The molecule has 3 aromatic rings. The van der Waals surface area contributed by atoms with Crippen molar-refractivity contribution >= 4 is 11.6 Å². The van der Waals surface area contributed by atoms with Crippen LogP contribution >= 0.6 is 0 Å². The molecule has 3 aromatic heterocycles. The summed E-state index contributed by atoms with van der Waals surface area (Å²) in [5.41, 5.74) is 4.52. The highest BCUT2D eigenvalue weighted by Gasteiger charge is 2.26. The number of nitrogens with one attached hydrogen (secondary N) is 2. The number of pyridine rings is 2. The van der Waals surface area contributed by atoms with E-state index in [0.717, 1.165) is 92.6 Å². The first-order valence-corrected chi connectivity index (χ1v) is 13.3. The number of aromatic amines is 1. The van der Waals surface area contributed by atoms with Gasteiger partial charge in [0.1, 0.15) is 17.7 Å². The number of anilines is 2. The van der Waals surface area contributed by atoms with E-state index in [1.54, 1.807) is 0 Å². The van der Waals surface area contributed by atoms with E-state index in [-0.39, 0.29) is 0 Å². The Hall–Kier alpha value is -3.41. The van der Waals surface area contributed by atoms with E-state index < -0.39 is 0 Å². The van der Waals surface area contributed by atoms with Crippen molar-refractivity contribution < 1.29 is 0 Å². The van der Waals surface area contributed by atoms with Gasteiger partial charge in [-0.25, -0.2) is 4.98 Å². The van der Waals surface area contributed by atoms with Gasteiger partial charge in [-0.15, -0.1) is 0 Å². The Balaban J connectivity index is 1.16. The maximum absolute atomic E-state index is 9.71. The van der Waals surface area contributed by atoms with Gasteiger partial charge in [0.2, 0.25) is 0 Å². The second kappa shape index (κ2) is 10.3. The Kier molecular flexibility index (Phi) is 6.58. The summed E-state index contributed by atoms with van der Waals surface area (Å²) in [5.74, 6) is 1.95. The predicted octanol–water partition coefficient (Wildman–Crippen LogP) is 3.48. The minimum atomic E-state index is 0.685. The molecule has 186 valence electrons. The Morgan fingerprint density at radius 3 is 2.39 bits per heavy atom. The van der Waals surface area contributed by atoms with Gasteiger partial charge in [-0.2, -0.15) is 5.26 Å². The molecule has 2 N–H and O–H groups in total. The van der Waals surface area contributed by atoms with Gasteiger partial charge in [-0.3, -0.25) is 9.88 Å². The molecule has 36 heavy (non-hydrogen) atoms. The van der Waals surface area contributed by atoms with Crippen LogP contribution in [0.1, 0.15) is 31.2 Å². The molecular weight excluding hydrogens is 448 g/mol. The lowest BCUT2D eigenvalue weighted by Gasteiger charge is -2.38. The number of nitrogens with zero attached hydrogens (tertiary/aromatic N) is 6. The summed E-state index contributed by atoms with van der Waals surface area (Å²) in [7, 11) is 0. The van der Waals surface area contributed by atoms with Crippen LogP contribution in [0, 0.1) is 11.3 Å². The van der Waals surface area contributed by atoms with Crippen LogP contribution in [-0.2, 0) is 0 Å². The van der Waals surface area contributed by atoms with E-state index >= 15 is 0 Å². The summed E-state index contributed by atoms with van der Waals surface area (Å²) < 4.78 is 0. The fourth-order valence-electron chi connectivity index (χ4n) is 5.89. The van der Waals surface area contributed by atoms with Crippen molar-refractivity contribution in [2.24, 2.45) is 0 Å². The quantitative estimate of drug-likeness (QED) is 0.576. The smallest absolute Gasteiger partial charge is 0.128 e. The molecule has 6 rings (SSSR count). The van der Waals surface area contributed by atoms with Crippen LogP contribution < -0.4 is 15.1 Å². The average Bonchev–Trinajstić information content (AvgIpc) is 3.65. The van der Waals surface area contributed by atoms with Gasteiger partial charge in [0, 0.05) is 87.6 Å². The topological polar surface area (TPSA) is 87.1 Å². The van der Waals surface area contributed by atoms with Crippen LogP contribution in [0.25, 0.3) is 22.5 Å². The highest BCUT2D eigenvalue weighted by atomic mass is 15.3. The number of piperazine rings is 2. The molecule has 3 fully saturated rings. The number of hydrogen-bond donors (Lipinski definition) is 2. The van der Waals surface area contributed by atoms with Gasteiger partial charge in [-0.1, -0.05) is 12.8 Å². The molecule has 8 nitrogen and oxygen atoms in total. The summed E-state index contributed by atoms with van der Waals surface area (Å²) in [5, 5.41) is 13.1. The van der Waals surface area contributed by atoms with E-state index in [2.05, 4.69) is 54.3 Å². The lowest BCUT2D eigenvalue weighted by molar-refractivity contribution is 0.187. The second-order valence-electron chi connectivity index (χ2n) is 10.1. The fraction of sp³-hybridized carbons (Fsp3) is 0.464. The average molecular weight is 483 g/mol. The highest BCUT2D eigenvalue weighted by molar-refractivity contribution is 5.73. The molecule has 0 spiro atoms. The molecule has 0 aromatic carbocycles. The number of H-pyrrole nitrogens is 1.